The number of rotatable bonds is 4. The molecule has 3 heteroatoms. The summed E-state index contributed by atoms with van der Waals surface area (Å²) in [5, 5.41) is 3.39. The second-order valence-electron chi connectivity index (χ2n) is 3.73. The molecule has 0 spiro atoms. The van der Waals surface area contributed by atoms with E-state index >= 15 is 0 Å². The monoisotopic (exact) mass is 232 g/mol. The van der Waals surface area contributed by atoms with Crippen molar-refractivity contribution in [2.75, 3.05) is 5.32 Å². The summed E-state index contributed by atoms with van der Waals surface area (Å²) in [5.74, 6) is 1.01. The van der Waals surface area contributed by atoms with Crippen molar-refractivity contribution in [3.8, 4) is 0 Å². The van der Waals surface area contributed by atoms with Gasteiger partial charge >= 0.3 is 0 Å². The van der Waals surface area contributed by atoms with E-state index in [4.69, 9.17) is 0 Å². The molecule has 0 aliphatic carbocycles. The number of thiophene rings is 1. The standard InChI is InChI=1S/C13H16N2S/c1-3-11-5-4-8-14-13(11)15-9-12-7-6-10(2)16-12/h4-8H,3,9H2,1-2H3,(H,14,15). The quantitative estimate of drug-likeness (QED) is 0.870. The summed E-state index contributed by atoms with van der Waals surface area (Å²) in [4.78, 5) is 7.07. The molecule has 0 radical (unpaired) electrons. The van der Waals surface area contributed by atoms with Gasteiger partial charge < -0.3 is 5.32 Å². The lowest BCUT2D eigenvalue weighted by Gasteiger charge is -2.08. The molecule has 84 valence electrons. The van der Waals surface area contributed by atoms with E-state index in [9.17, 15) is 0 Å². The highest BCUT2D eigenvalue weighted by molar-refractivity contribution is 7.11. The zero-order valence-corrected chi connectivity index (χ0v) is 10.5. The molecule has 0 bridgehead atoms. The molecule has 2 aromatic rings. The van der Waals surface area contributed by atoms with Crippen LogP contribution in [-0.2, 0) is 13.0 Å². The molecule has 1 N–H and O–H groups in total. The smallest absolute Gasteiger partial charge is 0.129 e. The van der Waals surface area contributed by atoms with Gasteiger partial charge in [-0.3, -0.25) is 0 Å². The Kier molecular flexibility index (Phi) is 3.57. The van der Waals surface area contributed by atoms with E-state index < -0.39 is 0 Å². The van der Waals surface area contributed by atoms with Gasteiger partial charge in [-0.05, 0) is 37.1 Å². The lowest BCUT2D eigenvalue weighted by atomic mass is 10.2. The Morgan fingerprint density at radius 2 is 2.19 bits per heavy atom. The summed E-state index contributed by atoms with van der Waals surface area (Å²) in [5.41, 5.74) is 1.27. The molecular weight excluding hydrogens is 216 g/mol. The van der Waals surface area contributed by atoms with E-state index in [1.54, 1.807) is 0 Å². The molecule has 0 aromatic carbocycles. The van der Waals surface area contributed by atoms with Gasteiger partial charge in [0.15, 0.2) is 0 Å². The molecule has 16 heavy (non-hydrogen) atoms. The molecule has 0 unspecified atom stereocenters. The van der Waals surface area contributed by atoms with Crippen LogP contribution in [0.1, 0.15) is 22.2 Å². The first kappa shape index (κ1) is 11.1. The van der Waals surface area contributed by atoms with E-state index in [0.29, 0.717) is 0 Å². The van der Waals surface area contributed by atoms with Gasteiger partial charge in [-0.1, -0.05) is 13.0 Å². The minimum absolute atomic E-state index is 0.864. The van der Waals surface area contributed by atoms with Crippen LogP contribution in [0, 0.1) is 6.92 Å². The minimum atomic E-state index is 0.864. The molecule has 2 aromatic heterocycles. The number of aryl methyl sites for hydroxylation is 2. The maximum Gasteiger partial charge on any atom is 0.129 e. The van der Waals surface area contributed by atoms with Gasteiger partial charge in [0.2, 0.25) is 0 Å². The maximum absolute atomic E-state index is 4.36. The van der Waals surface area contributed by atoms with Crippen molar-refractivity contribution in [3.05, 3.63) is 45.8 Å². The molecule has 0 aliphatic heterocycles. The van der Waals surface area contributed by atoms with Crippen LogP contribution >= 0.6 is 11.3 Å². The fourth-order valence-electron chi connectivity index (χ4n) is 1.63. The highest BCUT2D eigenvalue weighted by Crippen LogP contribution is 2.18. The zero-order chi connectivity index (χ0) is 11.4. The second-order valence-corrected chi connectivity index (χ2v) is 5.10. The number of nitrogens with one attached hydrogen (secondary N) is 1. The van der Waals surface area contributed by atoms with Gasteiger partial charge in [0, 0.05) is 16.0 Å². The maximum atomic E-state index is 4.36. The van der Waals surface area contributed by atoms with Crippen LogP contribution in [-0.4, -0.2) is 4.98 Å². The molecule has 0 aliphatic rings. The first-order chi connectivity index (χ1) is 7.79. The van der Waals surface area contributed by atoms with E-state index in [0.717, 1.165) is 18.8 Å². The Morgan fingerprint density at radius 1 is 1.31 bits per heavy atom. The van der Waals surface area contributed by atoms with Crippen molar-refractivity contribution in [1.29, 1.82) is 0 Å². The number of nitrogens with zero attached hydrogens (tertiary/aromatic N) is 1. The van der Waals surface area contributed by atoms with Crippen LogP contribution in [0.15, 0.2) is 30.5 Å². The normalized spacial score (nSPS) is 10.4. The third-order valence-electron chi connectivity index (χ3n) is 2.50. The summed E-state index contributed by atoms with van der Waals surface area (Å²) in [7, 11) is 0. The van der Waals surface area contributed by atoms with Gasteiger partial charge in [0.25, 0.3) is 0 Å². The third kappa shape index (κ3) is 2.61. The van der Waals surface area contributed by atoms with Crippen LogP contribution in [0.5, 0.6) is 0 Å². The van der Waals surface area contributed by atoms with Crippen molar-refractivity contribution >= 4 is 17.2 Å². The first-order valence-corrected chi connectivity index (χ1v) is 6.34. The molecule has 0 saturated heterocycles. The van der Waals surface area contributed by atoms with Gasteiger partial charge in [-0.15, -0.1) is 11.3 Å². The van der Waals surface area contributed by atoms with Crippen molar-refractivity contribution in [1.82, 2.24) is 4.98 Å². The van der Waals surface area contributed by atoms with Crippen LogP contribution in [0.25, 0.3) is 0 Å². The van der Waals surface area contributed by atoms with Crippen LogP contribution in [0.2, 0.25) is 0 Å². The lowest BCUT2D eigenvalue weighted by molar-refractivity contribution is 1.06. The second kappa shape index (κ2) is 5.12. The van der Waals surface area contributed by atoms with E-state index in [-0.39, 0.29) is 0 Å². The molecule has 2 heterocycles. The molecule has 0 atom stereocenters. The van der Waals surface area contributed by atoms with Gasteiger partial charge in [0.05, 0.1) is 6.54 Å². The largest absolute Gasteiger partial charge is 0.365 e. The van der Waals surface area contributed by atoms with Crippen molar-refractivity contribution in [2.24, 2.45) is 0 Å². The Hall–Kier alpha value is -1.35. The predicted molar refractivity (Wildman–Crippen MR) is 70.0 cm³/mol. The van der Waals surface area contributed by atoms with Crippen molar-refractivity contribution in [2.45, 2.75) is 26.8 Å². The lowest BCUT2D eigenvalue weighted by Crippen LogP contribution is -2.02. The Bertz CT molecular complexity index is 462. The minimum Gasteiger partial charge on any atom is -0.365 e. The van der Waals surface area contributed by atoms with E-state index in [2.05, 4.69) is 42.3 Å². The Labute approximate surface area is 100 Å². The van der Waals surface area contributed by atoms with Gasteiger partial charge in [-0.2, -0.15) is 0 Å². The molecule has 2 rings (SSSR count). The molecule has 0 amide bonds. The molecule has 0 saturated carbocycles. The summed E-state index contributed by atoms with van der Waals surface area (Å²) in [6, 6.07) is 8.43. The number of anilines is 1. The van der Waals surface area contributed by atoms with E-state index in [1.807, 2.05) is 23.6 Å². The number of aromatic nitrogens is 1. The van der Waals surface area contributed by atoms with Crippen LogP contribution in [0.4, 0.5) is 5.82 Å². The number of hydrogen-bond donors (Lipinski definition) is 1. The summed E-state index contributed by atoms with van der Waals surface area (Å²) < 4.78 is 0. The van der Waals surface area contributed by atoms with Crippen molar-refractivity contribution in [3.63, 3.8) is 0 Å². The van der Waals surface area contributed by atoms with Crippen LogP contribution < -0.4 is 5.32 Å². The zero-order valence-electron chi connectivity index (χ0n) is 9.66. The summed E-state index contributed by atoms with van der Waals surface area (Å²) in [6.07, 6.45) is 2.85. The molecule has 2 nitrogen and oxygen atoms in total. The molecule has 0 fully saturated rings. The van der Waals surface area contributed by atoms with Gasteiger partial charge in [0.1, 0.15) is 5.82 Å². The van der Waals surface area contributed by atoms with Gasteiger partial charge in [-0.25, -0.2) is 4.98 Å². The summed E-state index contributed by atoms with van der Waals surface area (Å²) in [6.45, 7) is 5.15. The number of pyridine rings is 1. The fourth-order valence-corrected chi connectivity index (χ4v) is 2.46. The highest BCUT2D eigenvalue weighted by Gasteiger charge is 2.01. The average Bonchev–Trinajstić information content (AvgIpc) is 2.73. The SMILES string of the molecule is CCc1cccnc1NCc1ccc(C)s1. The van der Waals surface area contributed by atoms with Crippen molar-refractivity contribution < 1.29 is 0 Å². The number of hydrogen-bond acceptors (Lipinski definition) is 3. The Balaban J connectivity index is 2.04. The fraction of sp³-hybridized carbons (Fsp3) is 0.308. The van der Waals surface area contributed by atoms with E-state index in [1.165, 1.54) is 15.3 Å². The Morgan fingerprint density at radius 3 is 2.88 bits per heavy atom. The highest BCUT2D eigenvalue weighted by atomic mass is 32.1. The predicted octanol–water partition coefficient (Wildman–Crippen LogP) is 3.63. The van der Waals surface area contributed by atoms with Crippen LogP contribution in [0.3, 0.4) is 0 Å². The summed E-state index contributed by atoms with van der Waals surface area (Å²) >= 11 is 1.83. The first-order valence-electron chi connectivity index (χ1n) is 5.52. The third-order valence-corrected chi connectivity index (χ3v) is 3.50. The molecular formula is C13H16N2S. The average molecular weight is 232 g/mol. The topological polar surface area (TPSA) is 24.9 Å².